The molecule has 0 N–H and O–H groups in total. The smallest absolute Gasteiger partial charge is 0.296 e. The largest absolute Gasteiger partial charge is 0.311 e. The Balaban J connectivity index is 1.66. The van der Waals surface area contributed by atoms with Crippen molar-refractivity contribution in [3.8, 4) is 11.1 Å². The second-order valence-electron chi connectivity index (χ2n) is 9.47. The van der Waals surface area contributed by atoms with E-state index in [9.17, 15) is 0 Å². The third kappa shape index (κ3) is 3.96. The van der Waals surface area contributed by atoms with Gasteiger partial charge in [-0.25, -0.2) is 0 Å². The third-order valence-electron chi connectivity index (χ3n) is 7.33. The molecule has 36 heavy (non-hydrogen) atoms. The van der Waals surface area contributed by atoms with Gasteiger partial charge in [0, 0.05) is 23.1 Å². The predicted molar refractivity (Wildman–Crippen MR) is 152 cm³/mol. The van der Waals surface area contributed by atoms with E-state index in [1.54, 1.807) is 0 Å². The van der Waals surface area contributed by atoms with Crippen molar-refractivity contribution in [2.24, 2.45) is 0 Å². The molecule has 0 saturated heterocycles. The van der Waals surface area contributed by atoms with Gasteiger partial charge in [-0.1, -0.05) is 103 Å². The fraction of sp³-hybridized carbons (Fsp3) is 0.0909. The summed E-state index contributed by atoms with van der Waals surface area (Å²) in [6.45, 7) is 4.72. The van der Waals surface area contributed by atoms with E-state index in [1.165, 1.54) is 59.3 Å². The average molecular weight is 576 g/mol. The zero-order chi connectivity index (χ0) is 24.6. The van der Waals surface area contributed by atoms with Gasteiger partial charge in [0.1, 0.15) is 0 Å². The number of hydrogen-bond acceptors (Lipinski definition) is 1. The van der Waals surface area contributed by atoms with Crippen LogP contribution in [0.25, 0.3) is 11.1 Å². The lowest BCUT2D eigenvalue weighted by Crippen LogP contribution is -3.34. The highest BCUT2D eigenvalue weighted by molar-refractivity contribution is 6.98. The number of rotatable bonds is 4. The van der Waals surface area contributed by atoms with E-state index in [0.717, 1.165) is 6.42 Å². The molecular weight excluding hydrogens is 548 g/mol. The molecule has 1 heterocycles. The van der Waals surface area contributed by atoms with E-state index in [4.69, 9.17) is 0 Å². The molecule has 0 bridgehead atoms. The number of fused-ring (bicyclic) bond motifs is 2. The van der Waals surface area contributed by atoms with Gasteiger partial charge in [0.25, 0.3) is 22.6 Å². The summed E-state index contributed by atoms with van der Waals surface area (Å²) in [6.07, 6.45) is 1.00. The lowest BCUT2D eigenvalue weighted by Gasteiger charge is -2.38. The zero-order valence-electron chi connectivity index (χ0n) is 20.6. The summed E-state index contributed by atoms with van der Waals surface area (Å²) in [5, 5.41) is 0. The van der Waals surface area contributed by atoms with E-state index in [-0.39, 0.29) is 6.71 Å². The Kier molecular flexibility index (Phi) is 6.18. The molecule has 1 nitrogen and oxygen atoms in total. The summed E-state index contributed by atoms with van der Waals surface area (Å²) < 4.78 is 1.32. The van der Waals surface area contributed by atoms with Gasteiger partial charge in [-0.05, 0) is 65.2 Å². The van der Waals surface area contributed by atoms with Crippen molar-refractivity contribution in [1.82, 2.24) is 0 Å². The van der Waals surface area contributed by atoms with Crippen LogP contribution in [0, 0.1) is 10.5 Å². The number of halogens is 1. The number of hydrogen-bond donors (Lipinski definition) is 0. The van der Waals surface area contributed by atoms with Crippen molar-refractivity contribution >= 4 is 40.2 Å². The summed E-state index contributed by atoms with van der Waals surface area (Å²) in [4.78, 5) is 2.46. The Morgan fingerprint density at radius 3 is 2.11 bits per heavy atom. The van der Waals surface area contributed by atoms with E-state index in [0.29, 0.717) is 0 Å². The molecule has 0 radical (unpaired) electrons. The van der Waals surface area contributed by atoms with Gasteiger partial charge >= 0.3 is 0 Å². The van der Waals surface area contributed by atoms with Crippen molar-refractivity contribution in [3.63, 3.8) is 0 Å². The SMILES string of the molecule is CCc1cc([IH+])cc2c1B(c1cc(-c3ccccc3)ccc1C)c1ccccc1N2c1ccccc1. The third-order valence-corrected chi connectivity index (χ3v) is 8.00. The van der Waals surface area contributed by atoms with Crippen LogP contribution in [0.5, 0.6) is 0 Å². The molecule has 1 aliphatic heterocycles. The fourth-order valence-corrected chi connectivity index (χ4v) is 6.36. The van der Waals surface area contributed by atoms with E-state index < -0.39 is 0 Å². The minimum Gasteiger partial charge on any atom is -0.311 e. The fourth-order valence-electron chi connectivity index (χ4n) is 5.64. The lowest BCUT2D eigenvalue weighted by molar-refractivity contribution is -0.328. The summed E-state index contributed by atoms with van der Waals surface area (Å²) in [7, 11) is 0. The van der Waals surface area contributed by atoms with Crippen LogP contribution in [-0.2, 0) is 6.42 Å². The highest BCUT2D eigenvalue weighted by atomic mass is 127. The molecule has 0 amide bonds. The van der Waals surface area contributed by atoms with Gasteiger partial charge in [-0.2, -0.15) is 0 Å². The van der Waals surface area contributed by atoms with Gasteiger partial charge in [0.2, 0.25) is 6.71 Å². The first-order valence-corrected chi connectivity index (χ1v) is 13.8. The average Bonchev–Trinajstić information content (AvgIpc) is 2.92. The number of nitrogens with zero attached hydrogens (tertiary/aromatic N) is 1. The first-order chi connectivity index (χ1) is 17.7. The minimum absolute atomic E-state index is 0.177. The second-order valence-corrected chi connectivity index (χ2v) is 10.8. The van der Waals surface area contributed by atoms with Crippen LogP contribution >= 0.6 is 0 Å². The molecule has 1 aliphatic rings. The Morgan fingerprint density at radius 1 is 0.667 bits per heavy atom. The molecule has 5 aromatic rings. The molecule has 6 rings (SSSR count). The normalized spacial score (nSPS) is 12.3. The number of aryl methyl sites for hydroxylation is 2. The maximum absolute atomic E-state index is 2.46. The van der Waals surface area contributed by atoms with Crippen LogP contribution < -0.4 is 43.9 Å². The summed E-state index contributed by atoms with van der Waals surface area (Å²) in [5.41, 5.74) is 13.2. The van der Waals surface area contributed by atoms with Crippen LogP contribution in [0.2, 0.25) is 0 Å². The molecular formula is C33H28BIN+. The Labute approximate surface area is 228 Å². The maximum atomic E-state index is 2.46. The molecule has 5 aromatic carbocycles. The minimum atomic E-state index is 0.177. The Morgan fingerprint density at radius 2 is 1.36 bits per heavy atom. The molecule has 174 valence electrons. The van der Waals surface area contributed by atoms with E-state index >= 15 is 0 Å². The molecule has 0 unspecified atom stereocenters. The quantitative estimate of drug-likeness (QED) is 0.231. The summed E-state index contributed by atoms with van der Waals surface area (Å²) in [5.74, 6) is 0. The number of anilines is 3. The topological polar surface area (TPSA) is 3.24 Å². The van der Waals surface area contributed by atoms with Crippen molar-refractivity contribution in [1.29, 1.82) is 0 Å². The predicted octanol–water partition coefficient (Wildman–Crippen LogP) is 2.98. The monoisotopic (exact) mass is 576 g/mol. The lowest BCUT2D eigenvalue weighted by atomic mass is 9.33. The van der Waals surface area contributed by atoms with E-state index in [1.807, 2.05) is 0 Å². The van der Waals surface area contributed by atoms with Gasteiger partial charge in [0.05, 0.1) is 0 Å². The maximum Gasteiger partial charge on any atom is 0.296 e. The Hall–Kier alpha value is -3.31. The standard InChI is InChI=1S/C33H28BIN/c1-3-24-20-27(35)22-32-33(24)34(30-21-26(19-18-23(30)2)25-12-6-4-7-13-25)29-16-10-11-17-31(29)36(32)28-14-8-5-9-15-28/h4-22,35H,3H2,1-2H3/q+1. The molecule has 0 spiro atoms. The molecule has 0 fully saturated rings. The molecule has 0 atom stereocenters. The molecule has 0 aromatic heterocycles. The van der Waals surface area contributed by atoms with Crippen LogP contribution in [-0.4, -0.2) is 6.71 Å². The first-order valence-electron chi connectivity index (χ1n) is 12.6. The van der Waals surface area contributed by atoms with Gasteiger partial charge < -0.3 is 4.90 Å². The second kappa shape index (κ2) is 9.63. The van der Waals surface area contributed by atoms with Crippen molar-refractivity contribution < 1.29 is 22.6 Å². The van der Waals surface area contributed by atoms with Crippen LogP contribution in [0.3, 0.4) is 0 Å². The van der Waals surface area contributed by atoms with Crippen LogP contribution in [0.1, 0.15) is 18.1 Å². The highest BCUT2D eigenvalue weighted by Gasteiger charge is 2.38. The van der Waals surface area contributed by atoms with Crippen molar-refractivity contribution in [3.05, 3.63) is 130 Å². The molecule has 3 heteroatoms. The van der Waals surface area contributed by atoms with E-state index in [2.05, 4.69) is 157 Å². The zero-order valence-corrected chi connectivity index (χ0v) is 22.9. The van der Waals surface area contributed by atoms with Crippen LogP contribution in [0.4, 0.5) is 17.1 Å². The van der Waals surface area contributed by atoms with Gasteiger partial charge in [-0.15, -0.1) is 0 Å². The Bertz CT molecular complexity index is 1550. The summed E-state index contributed by atoms with van der Waals surface area (Å²) >= 11 is 2.14. The summed E-state index contributed by atoms with van der Waals surface area (Å²) in [6, 6.07) is 42.3. The number of para-hydroxylation sites is 2. The van der Waals surface area contributed by atoms with Crippen molar-refractivity contribution in [2.45, 2.75) is 20.3 Å². The van der Waals surface area contributed by atoms with Gasteiger partial charge in [0.15, 0.2) is 3.57 Å². The van der Waals surface area contributed by atoms with Crippen LogP contribution in [0.15, 0.2) is 115 Å². The van der Waals surface area contributed by atoms with Crippen molar-refractivity contribution in [2.75, 3.05) is 4.90 Å². The van der Waals surface area contributed by atoms with Gasteiger partial charge in [-0.3, -0.25) is 0 Å². The molecule has 0 saturated carbocycles. The molecule has 0 aliphatic carbocycles. The highest BCUT2D eigenvalue weighted by Crippen LogP contribution is 2.36. The number of benzene rings is 5. The first kappa shape index (κ1) is 23.1.